The summed E-state index contributed by atoms with van der Waals surface area (Å²) >= 11 is 3.40. The Morgan fingerprint density at radius 3 is 2.87 bits per heavy atom. The molecule has 0 unspecified atom stereocenters. The molecule has 0 aliphatic carbocycles. The van der Waals surface area contributed by atoms with E-state index in [9.17, 15) is 4.79 Å². The van der Waals surface area contributed by atoms with E-state index < -0.39 is 0 Å². The second kappa shape index (κ2) is 4.36. The van der Waals surface area contributed by atoms with Gasteiger partial charge in [-0.15, -0.1) is 0 Å². The SMILES string of the molecule is O=Cc1cnccc1-c1cccc(Br)c1. The fourth-order valence-electron chi connectivity index (χ4n) is 1.42. The molecule has 0 spiro atoms. The van der Waals surface area contributed by atoms with Crippen LogP contribution in [-0.2, 0) is 0 Å². The average Bonchev–Trinajstić information content (AvgIpc) is 2.29. The van der Waals surface area contributed by atoms with Crippen LogP contribution >= 0.6 is 15.9 Å². The van der Waals surface area contributed by atoms with E-state index in [2.05, 4.69) is 20.9 Å². The van der Waals surface area contributed by atoms with E-state index in [1.807, 2.05) is 30.3 Å². The van der Waals surface area contributed by atoms with Gasteiger partial charge in [0.25, 0.3) is 0 Å². The number of aldehydes is 1. The van der Waals surface area contributed by atoms with Gasteiger partial charge in [-0.3, -0.25) is 9.78 Å². The smallest absolute Gasteiger partial charge is 0.152 e. The van der Waals surface area contributed by atoms with Gasteiger partial charge in [-0.05, 0) is 29.3 Å². The highest BCUT2D eigenvalue weighted by atomic mass is 79.9. The van der Waals surface area contributed by atoms with Crippen LogP contribution < -0.4 is 0 Å². The Morgan fingerprint density at radius 2 is 2.13 bits per heavy atom. The molecular formula is C12H8BrNO. The predicted octanol–water partition coefficient (Wildman–Crippen LogP) is 3.32. The number of carbonyl (C=O) groups is 1. The first kappa shape index (κ1) is 10.1. The minimum absolute atomic E-state index is 0.607. The fourth-order valence-corrected chi connectivity index (χ4v) is 1.82. The van der Waals surface area contributed by atoms with Crippen molar-refractivity contribution in [2.45, 2.75) is 0 Å². The molecule has 0 saturated carbocycles. The van der Waals surface area contributed by atoms with Crippen LogP contribution in [0.5, 0.6) is 0 Å². The summed E-state index contributed by atoms with van der Waals surface area (Å²) in [5.41, 5.74) is 2.52. The first-order valence-corrected chi connectivity index (χ1v) is 5.25. The van der Waals surface area contributed by atoms with Gasteiger partial charge in [0.05, 0.1) is 0 Å². The summed E-state index contributed by atoms with van der Waals surface area (Å²) in [5, 5.41) is 0. The summed E-state index contributed by atoms with van der Waals surface area (Å²) in [6, 6.07) is 9.67. The lowest BCUT2D eigenvalue weighted by atomic mass is 10.0. The summed E-state index contributed by atoms with van der Waals surface area (Å²) < 4.78 is 0.994. The highest BCUT2D eigenvalue weighted by Gasteiger charge is 2.03. The molecule has 0 saturated heterocycles. The molecule has 1 heterocycles. The summed E-state index contributed by atoms with van der Waals surface area (Å²) in [4.78, 5) is 14.8. The van der Waals surface area contributed by atoms with E-state index in [4.69, 9.17) is 0 Å². The zero-order chi connectivity index (χ0) is 10.7. The first-order chi connectivity index (χ1) is 7.31. The zero-order valence-electron chi connectivity index (χ0n) is 7.85. The summed E-state index contributed by atoms with van der Waals surface area (Å²) in [7, 11) is 0. The van der Waals surface area contributed by atoms with Crippen LogP contribution in [0, 0.1) is 0 Å². The van der Waals surface area contributed by atoms with E-state index in [1.54, 1.807) is 12.4 Å². The van der Waals surface area contributed by atoms with Gasteiger partial charge < -0.3 is 0 Å². The van der Waals surface area contributed by atoms with Crippen LogP contribution in [0.25, 0.3) is 11.1 Å². The Bertz CT molecular complexity index is 496. The largest absolute Gasteiger partial charge is 0.298 e. The number of hydrogen-bond donors (Lipinski definition) is 0. The number of hydrogen-bond acceptors (Lipinski definition) is 2. The molecule has 2 aromatic rings. The molecule has 0 aliphatic rings. The maximum absolute atomic E-state index is 10.8. The lowest BCUT2D eigenvalue weighted by Crippen LogP contribution is -1.88. The molecule has 0 amide bonds. The van der Waals surface area contributed by atoms with E-state index in [-0.39, 0.29) is 0 Å². The third-order valence-corrected chi connectivity index (χ3v) is 2.61. The number of pyridine rings is 1. The number of benzene rings is 1. The molecule has 74 valence electrons. The summed E-state index contributed by atoms with van der Waals surface area (Å²) in [5.74, 6) is 0. The average molecular weight is 262 g/mol. The maximum atomic E-state index is 10.8. The van der Waals surface area contributed by atoms with Crippen LogP contribution in [0.4, 0.5) is 0 Å². The van der Waals surface area contributed by atoms with Crippen LogP contribution in [0.1, 0.15) is 10.4 Å². The molecule has 0 aliphatic heterocycles. The van der Waals surface area contributed by atoms with Gasteiger partial charge in [-0.2, -0.15) is 0 Å². The van der Waals surface area contributed by atoms with Crippen molar-refractivity contribution in [3.05, 3.63) is 52.8 Å². The number of nitrogens with zero attached hydrogens (tertiary/aromatic N) is 1. The van der Waals surface area contributed by atoms with Crippen molar-refractivity contribution in [2.24, 2.45) is 0 Å². The Hall–Kier alpha value is -1.48. The highest BCUT2D eigenvalue weighted by molar-refractivity contribution is 9.10. The predicted molar refractivity (Wildman–Crippen MR) is 62.8 cm³/mol. The Kier molecular flexibility index (Phi) is 2.92. The van der Waals surface area contributed by atoms with Crippen LogP contribution in [0.3, 0.4) is 0 Å². The fraction of sp³-hybridized carbons (Fsp3) is 0. The monoisotopic (exact) mass is 261 g/mol. The van der Waals surface area contributed by atoms with Gasteiger partial charge in [0.2, 0.25) is 0 Å². The van der Waals surface area contributed by atoms with Crippen molar-refractivity contribution in [1.82, 2.24) is 4.98 Å². The van der Waals surface area contributed by atoms with Crippen molar-refractivity contribution < 1.29 is 4.79 Å². The summed E-state index contributed by atoms with van der Waals surface area (Å²) in [6.07, 6.45) is 4.08. The van der Waals surface area contributed by atoms with Crippen molar-refractivity contribution in [2.75, 3.05) is 0 Å². The van der Waals surface area contributed by atoms with Crippen LogP contribution in [0.2, 0.25) is 0 Å². The molecule has 0 radical (unpaired) electrons. The molecule has 0 fully saturated rings. The maximum Gasteiger partial charge on any atom is 0.152 e. The van der Waals surface area contributed by atoms with Gasteiger partial charge in [0, 0.05) is 22.4 Å². The molecule has 2 nitrogen and oxygen atoms in total. The van der Waals surface area contributed by atoms with E-state index in [0.29, 0.717) is 5.56 Å². The minimum Gasteiger partial charge on any atom is -0.298 e. The molecule has 15 heavy (non-hydrogen) atoms. The summed E-state index contributed by atoms with van der Waals surface area (Å²) in [6.45, 7) is 0. The standard InChI is InChI=1S/C12H8BrNO/c13-11-3-1-2-9(6-11)12-4-5-14-7-10(12)8-15/h1-8H. The van der Waals surface area contributed by atoms with Crippen molar-refractivity contribution in [3.63, 3.8) is 0 Å². The van der Waals surface area contributed by atoms with Gasteiger partial charge in [-0.1, -0.05) is 28.1 Å². The topological polar surface area (TPSA) is 30.0 Å². The number of halogens is 1. The molecule has 1 aromatic carbocycles. The normalized spacial score (nSPS) is 9.93. The Labute approximate surface area is 96.1 Å². The van der Waals surface area contributed by atoms with Crippen molar-refractivity contribution in [3.8, 4) is 11.1 Å². The first-order valence-electron chi connectivity index (χ1n) is 4.46. The molecule has 2 rings (SSSR count). The van der Waals surface area contributed by atoms with E-state index in [1.165, 1.54) is 0 Å². The van der Waals surface area contributed by atoms with Crippen LogP contribution in [-0.4, -0.2) is 11.3 Å². The highest BCUT2D eigenvalue weighted by Crippen LogP contribution is 2.24. The molecule has 0 bridgehead atoms. The van der Waals surface area contributed by atoms with E-state index >= 15 is 0 Å². The third kappa shape index (κ3) is 2.13. The van der Waals surface area contributed by atoms with Crippen LogP contribution in [0.15, 0.2) is 47.2 Å². The molecule has 3 heteroatoms. The number of carbonyl (C=O) groups excluding carboxylic acids is 1. The van der Waals surface area contributed by atoms with Crippen molar-refractivity contribution >= 4 is 22.2 Å². The molecular weight excluding hydrogens is 254 g/mol. The van der Waals surface area contributed by atoms with Crippen molar-refractivity contribution in [1.29, 1.82) is 0 Å². The van der Waals surface area contributed by atoms with Gasteiger partial charge >= 0.3 is 0 Å². The Balaban J connectivity index is 2.58. The third-order valence-electron chi connectivity index (χ3n) is 2.11. The molecule has 0 atom stereocenters. The van der Waals surface area contributed by atoms with E-state index in [0.717, 1.165) is 21.9 Å². The number of aromatic nitrogens is 1. The molecule has 1 aromatic heterocycles. The zero-order valence-corrected chi connectivity index (χ0v) is 9.44. The lowest BCUT2D eigenvalue weighted by Gasteiger charge is -2.04. The lowest BCUT2D eigenvalue weighted by molar-refractivity contribution is 0.112. The Morgan fingerprint density at radius 1 is 1.27 bits per heavy atom. The van der Waals surface area contributed by atoms with Gasteiger partial charge in [0.15, 0.2) is 6.29 Å². The number of rotatable bonds is 2. The second-order valence-corrected chi connectivity index (χ2v) is 4.01. The molecule has 0 N–H and O–H groups in total. The second-order valence-electron chi connectivity index (χ2n) is 3.09. The quantitative estimate of drug-likeness (QED) is 0.777. The minimum atomic E-state index is 0.607. The van der Waals surface area contributed by atoms with Gasteiger partial charge in [-0.25, -0.2) is 0 Å². The van der Waals surface area contributed by atoms with Gasteiger partial charge in [0.1, 0.15) is 0 Å².